The number of aromatic nitrogens is 1. The van der Waals surface area contributed by atoms with Crippen molar-refractivity contribution in [2.75, 3.05) is 13.1 Å². The van der Waals surface area contributed by atoms with Crippen LogP contribution in [0.5, 0.6) is 5.75 Å². The van der Waals surface area contributed by atoms with Crippen molar-refractivity contribution in [1.29, 1.82) is 0 Å². The molecule has 7 heteroatoms. The first-order chi connectivity index (χ1) is 12.5. The molecule has 0 saturated heterocycles. The van der Waals surface area contributed by atoms with E-state index in [-0.39, 0.29) is 5.91 Å². The molecule has 0 unspecified atom stereocenters. The van der Waals surface area contributed by atoms with Crippen LogP contribution in [0.25, 0.3) is 0 Å². The van der Waals surface area contributed by atoms with Crippen LogP contribution >= 0.6 is 23.4 Å². The Morgan fingerprint density at radius 1 is 1.31 bits per heavy atom. The van der Waals surface area contributed by atoms with Gasteiger partial charge in [-0.2, -0.15) is 0 Å². The van der Waals surface area contributed by atoms with E-state index >= 15 is 0 Å². The van der Waals surface area contributed by atoms with Gasteiger partial charge < -0.3 is 4.74 Å². The van der Waals surface area contributed by atoms with Crippen molar-refractivity contribution in [3.63, 3.8) is 0 Å². The first-order valence-corrected chi connectivity index (χ1v) is 9.65. The number of rotatable bonds is 5. The van der Waals surface area contributed by atoms with E-state index in [1.165, 1.54) is 0 Å². The third kappa shape index (κ3) is 4.56. The van der Waals surface area contributed by atoms with Crippen molar-refractivity contribution in [3.8, 4) is 5.75 Å². The van der Waals surface area contributed by atoms with Crippen molar-refractivity contribution in [1.82, 2.24) is 9.88 Å². The second kappa shape index (κ2) is 8.10. The van der Waals surface area contributed by atoms with Gasteiger partial charge in [-0.3, -0.25) is 19.7 Å². The molecule has 2 heterocycles. The Morgan fingerprint density at radius 2 is 2.08 bits per heavy atom. The summed E-state index contributed by atoms with van der Waals surface area (Å²) in [6, 6.07) is 10.9. The maximum atomic E-state index is 13.0. The van der Waals surface area contributed by atoms with Gasteiger partial charge in [0.25, 0.3) is 5.91 Å². The smallest absolute Gasteiger partial charge is 0.272 e. The highest BCUT2D eigenvalue weighted by Crippen LogP contribution is 2.26. The largest absolute Gasteiger partial charge is 0.478 e. The van der Waals surface area contributed by atoms with Gasteiger partial charge in [-0.15, -0.1) is 0 Å². The Morgan fingerprint density at radius 3 is 2.77 bits per heavy atom. The van der Waals surface area contributed by atoms with Gasteiger partial charge in [0.05, 0.1) is 6.54 Å². The molecule has 1 aromatic carbocycles. The minimum Gasteiger partial charge on any atom is -0.478 e. The van der Waals surface area contributed by atoms with E-state index in [9.17, 15) is 4.79 Å². The van der Waals surface area contributed by atoms with Gasteiger partial charge in [0.2, 0.25) is 0 Å². The molecule has 26 heavy (non-hydrogen) atoms. The SMILES string of the molecule is CC(C)(Oc1ccc(Cl)cc1)C(=O)N1CCN=C1SCc1cccnc1. The number of amides is 1. The normalized spacial score (nSPS) is 14.3. The molecule has 5 nitrogen and oxygen atoms in total. The Bertz CT molecular complexity index is 794. The topological polar surface area (TPSA) is 54.8 Å². The molecule has 0 fully saturated rings. The highest BCUT2D eigenvalue weighted by molar-refractivity contribution is 8.13. The minimum absolute atomic E-state index is 0.109. The first-order valence-electron chi connectivity index (χ1n) is 8.28. The second-order valence-corrected chi connectivity index (χ2v) is 7.72. The fourth-order valence-corrected chi connectivity index (χ4v) is 3.64. The lowest BCUT2D eigenvalue weighted by Crippen LogP contribution is -2.49. The number of hydrogen-bond acceptors (Lipinski definition) is 5. The highest BCUT2D eigenvalue weighted by atomic mass is 35.5. The summed E-state index contributed by atoms with van der Waals surface area (Å²) in [6.07, 6.45) is 3.57. The van der Waals surface area contributed by atoms with Crippen LogP contribution in [0.15, 0.2) is 53.8 Å². The van der Waals surface area contributed by atoms with Crippen LogP contribution in [-0.2, 0) is 10.5 Å². The minimum atomic E-state index is -1.01. The molecule has 1 aliphatic rings. The number of hydrogen-bond donors (Lipinski definition) is 0. The average Bonchev–Trinajstić information content (AvgIpc) is 3.10. The average molecular weight is 390 g/mol. The molecule has 0 radical (unpaired) electrons. The maximum absolute atomic E-state index is 13.0. The van der Waals surface area contributed by atoms with E-state index in [0.717, 1.165) is 16.5 Å². The number of aliphatic imine (C=N–C) groups is 1. The standard InChI is InChI=1S/C19H20ClN3O2S/c1-19(2,25-16-7-5-15(20)6-8-16)17(24)23-11-10-22-18(23)26-13-14-4-3-9-21-12-14/h3-9,12H,10-11,13H2,1-2H3. The molecule has 1 aromatic heterocycles. The summed E-state index contributed by atoms with van der Waals surface area (Å²) in [5, 5.41) is 1.36. The molecule has 0 spiro atoms. The van der Waals surface area contributed by atoms with Crippen LogP contribution in [-0.4, -0.2) is 39.6 Å². The van der Waals surface area contributed by atoms with Crippen molar-refractivity contribution in [3.05, 3.63) is 59.4 Å². The van der Waals surface area contributed by atoms with Crippen LogP contribution in [0.4, 0.5) is 0 Å². The third-order valence-electron chi connectivity index (χ3n) is 3.84. The molecule has 2 aromatic rings. The van der Waals surface area contributed by atoms with Crippen molar-refractivity contribution in [2.45, 2.75) is 25.2 Å². The zero-order valence-corrected chi connectivity index (χ0v) is 16.3. The van der Waals surface area contributed by atoms with E-state index in [4.69, 9.17) is 16.3 Å². The number of benzene rings is 1. The molecular weight excluding hydrogens is 370 g/mol. The number of carbonyl (C=O) groups excluding carboxylic acids is 1. The number of halogens is 1. The molecular formula is C19H20ClN3O2S. The van der Waals surface area contributed by atoms with Crippen molar-refractivity contribution < 1.29 is 9.53 Å². The number of thioether (sulfide) groups is 1. The lowest BCUT2D eigenvalue weighted by atomic mass is 10.1. The maximum Gasteiger partial charge on any atom is 0.272 e. The monoisotopic (exact) mass is 389 g/mol. The predicted octanol–water partition coefficient (Wildman–Crippen LogP) is 4.02. The summed E-state index contributed by atoms with van der Waals surface area (Å²) >= 11 is 7.44. The highest BCUT2D eigenvalue weighted by Gasteiger charge is 2.37. The number of pyridine rings is 1. The summed E-state index contributed by atoms with van der Waals surface area (Å²) in [4.78, 5) is 23.3. The summed E-state index contributed by atoms with van der Waals surface area (Å²) < 4.78 is 5.92. The van der Waals surface area contributed by atoms with E-state index in [1.54, 1.807) is 61.0 Å². The molecule has 0 atom stereocenters. The van der Waals surface area contributed by atoms with Gasteiger partial charge in [-0.05, 0) is 49.7 Å². The zero-order chi connectivity index (χ0) is 18.6. The van der Waals surface area contributed by atoms with Crippen LogP contribution in [0.3, 0.4) is 0 Å². The fraction of sp³-hybridized carbons (Fsp3) is 0.316. The van der Waals surface area contributed by atoms with Crippen LogP contribution in [0, 0.1) is 0 Å². The zero-order valence-electron chi connectivity index (χ0n) is 14.7. The van der Waals surface area contributed by atoms with E-state index in [0.29, 0.717) is 23.9 Å². The summed E-state index contributed by atoms with van der Waals surface area (Å²) in [6.45, 7) is 4.72. The Labute approximate surface area is 162 Å². The Hall–Kier alpha value is -2.05. The molecule has 0 saturated carbocycles. The van der Waals surface area contributed by atoms with Crippen molar-refractivity contribution in [2.24, 2.45) is 4.99 Å². The Kier molecular flexibility index (Phi) is 5.84. The molecule has 1 amide bonds. The van der Waals surface area contributed by atoms with E-state index < -0.39 is 5.60 Å². The van der Waals surface area contributed by atoms with Gasteiger partial charge in [0.1, 0.15) is 5.75 Å². The fourth-order valence-electron chi connectivity index (χ4n) is 2.54. The van der Waals surface area contributed by atoms with Crippen molar-refractivity contribution >= 4 is 34.4 Å². The van der Waals surface area contributed by atoms with Gasteiger partial charge >= 0.3 is 0 Å². The molecule has 0 bridgehead atoms. The number of amidine groups is 1. The van der Waals surface area contributed by atoms with Crippen LogP contribution in [0.1, 0.15) is 19.4 Å². The summed E-state index contributed by atoms with van der Waals surface area (Å²) in [5.41, 5.74) is 0.0875. The number of carbonyl (C=O) groups is 1. The molecule has 1 aliphatic heterocycles. The van der Waals surface area contributed by atoms with Gasteiger partial charge in [0, 0.05) is 29.7 Å². The second-order valence-electron chi connectivity index (χ2n) is 6.34. The molecule has 0 N–H and O–H groups in total. The summed E-state index contributed by atoms with van der Waals surface area (Å²) in [5.74, 6) is 1.21. The molecule has 136 valence electrons. The van der Waals surface area contributed by atoms with Crippen LogP contribution in [0.2, 0.25) is 5.02 Å². The van der Waals surface area contributed by atoms with Gasteiger partial charge in [-0.25, -0.2) is 0 Å². The predicted molar refractivity (Wildman–Crippen MR) is 106 cm³/mol. The lowest BCUT2D eigenvalue weighted by molar-refractivity contribution is -0.140. The van der Waals surface area contributed by atoms with Gasteiger partial charge in [-0.1, -0.05) is 29.4 Å². The Balaban J connectivity index is 1.65. The van der Waals surface area contributed by atoms with E-state index in [2.05, 4.69) is 9.98 Å². The lowest BCUT2D eigenvalue weighted by Gasteiger charge is -2.30. The first kappa shape index (κ1) is 18.7. The quantitative estimate of drug-likeness (QED) is 0.774. The third-order valence-corrected chi connectivity index (χ3v) is 5.18. The van der Waals surface area contributed by atoms with Gasteiger partial charge in [0.15, 0.2) is 10.8 Å². The number of nitrogens with zero attached hydrogens (tertiary/aromatic N) is 3. The molecule has 3 rings (SSSR count). The summed E-state index contributed by atoms with van der Waals surface area (Å²) in [7, 11) is 0. The van der Waals surface area contributed by atoms with Crippen LogP contribution < -0.4 is 4.74 Å². The molecule has 0 aliphatic carbocycles. The van der Waals surface area contributed by atoms with E-state index in [1.807, 2.05) is 18.3 Å². The number of ether oxygens (including phenoxy) is 1.